The number of hydrogen-bond acceptors (Lipinski definition) is 22. The Balaban J connectivity index is 0.0000270. The van der Waals surface area contributed by atoms with Gasteiger partial charge in [-0.2, -0.15) is 0 Å². The molecule has 4 unspecified atom stereocenters. The van der Waals surface area contributed by atoms with Crippen molar-refractivity contribution in [2.24, 2.45) is 44.4 Å². The molecule has 4 aliphatic heterocycles. The minimum Gasteiger partial charge on any atom is -0.480 e. The number of nitrogens with two attached hydrogens (primary N) is 6. The summed E-state index contributed by atoms with van der Waals surface area (Å²) in [5.41, 5.74) is 32.8. The topological polar surface area (TPSA) is 628 Å². The number of rotatable bonds is 44. The Labute approximate surface area is 591 Å². The number of ether oxygens (including phenoxy) is 2. The normalized spacial score (nSPS) is 19.4. The van der Waals surface area contributed by atoms with Gasteiger partial charge in [0.25, 0.3) is 0 Å². The van der Waals surface area contributed by atoms with Crippen molar-refractivity contribution in [1.82, 2.24) is 62.1 Å². The van der Waals surface area contributed by atoms with Gasteiger partial charge in [0.2, 0.25) is 70.9 Å². The summed E-state index contributed by atoms with van der Waals surface area (Å²) in [4.78, 5) is 200. The van der Waals surface area contributed by atoms with Gasteiger partial charge in [-0.25, -0.2) is 9.59 Å². The molecule has 40 nitrogen and oxygen atoms in total. The van der Waals surface area contributed by atoms with Crippen molar-refractivity contribution in [3.8, 4) is 0 Å². The molecule has 0 saturated carbocycles. The molecular weight excluding hydrogens is 1340 g/mol. The van der Waals surface area contributed by atoms with E-state index in [1.54, 1.807) is 0 Å². The van der Waals surface area contributed by atoms with E-state index in [9.17, 15) is 87.5 Å². The minimum atomic E-state index is -1.65. The summed E-state index contributed by atoms with van der Waals surface area (Å²) < 4.78 is 10.2. The van der Waals surface area contributed by atoms with Gasteiger partial charge < -0.3 is 126 Å². The van der Waals surface area contributed by atoms with Gasteiger partial charge in [0.05, 0.1) is 25.3 Å². The van der Waals surface area contributed by atoms with Gasteiger partial charge in [-0.1, -0.05) is 7.43 Å². The number of carbonyl (C=O) groups excluding carboxylic acids is 12. The van der Waals surface area contributed by atoms with Gasteiger partial charge in [0, 0.05) is 39.3 Å². The maximum atomic E-state index is 14.3. The van der Waals surface area contributed by atoms with Crippen LogP contribution in [0.2, 0.25) is 0 Å². The van der Waals surface area contributed by atoms with E-state index in [4.69, 9.17) is 43.9 Å². The number of aliphatic hydroxyl groups is 2. The smallest absolute Gasteiger partial charge is 0.326 e. The Morgan fingerprint density at radius 1 is 0.451 bits per heavy atom. The van der Waals surface area contributed by atoms with Gasteiger partial charge in [0.1, 0.15) is 80.4 Å². The predicted molar refractivity (Wildman–Crippen MR) is 364 cm³/mol. The molecule has 0 radical (unpaired) electrons. The third-order valence-electron chi connectivity index (χ3n) is 17.2. The second-order valence-corrected chi connectivity index (χ2v) is 25.1. The van der Waals surface area contributed by atoms with Gasteiger partial charge >= 0.3 is 11.9 Å². The van der Waals surface area contributed by atoms with Crippen LogP contribution in [0.1, 0.15) is 137 Å². The van der Waals surface area contributed by atoms with Crippen molar-refractivity contribution in [3.05, 3.63) is 0 Å². The molecule has 4 aliphatic rings. The summed E-state index contributed by atoms with van der Waals surface area (Å²) in [7, 11) is 0. The molecule has 0 spiro atoms. The quantitative estimate of drug-likeness (QED) is 0.0117. The van der Waals surface area contributed by atoms with Gasteiger partial charge in [-0.3, -0.25) is 67.5 Å². The standard InChI is InChI=1S/C61H104N20O20.CH4/c1-34(82)48(52(90)72-36(13-3-5-21-62)54(92)80-27-11-19-42(80)56(94)78-25-9-17-40(78)50(88)74-38(58(96)97)15-7-23-68-60(64)65)76-44(84)29-70-46(86)31-100-33-101-32-47(87)71-30-45(85)77-49(35(2)83)53(91)73-37(14-4-6-22-63)55(93)81-28-12-20-43(81)57(95)79-26-10-18-41(79)51(89)75-39(59(98)99)16-8-24-69-61(66)67;/h34-43,48-49,82-83H,3-33,62-63H2,1-2H3,(H,70,86)(H,71,87)(H,72,90)(H,73,91)(H,74,88)(H,75,89)(H,76,84)(H,77,85)(H,96,97)(H,98,99)(H4,64,65,68)(H4,66,67,69);1H4/t34?,35?,36-,37-,38+,39+,40-,41-,42-,43-,48?,49?;/m0./s1. The highest BCUT2D eigenvalue weighted by atomic mass is 16.7. The molecule has 0 aromatic heterocycles. The Kier molecular flexibility index (Phi) is 38.4. The molecule has 102 heavy (non-hydrogen) atoms. The number of amides is 12. The number of aliphatic hydroxyl groups excluding tert-OH is 2. The summed E-state index contributed by atoms with van der Waals surface area (Å²) >= 11 is 0. The first-order valence-electron chi connectivity index (χ1n) is 34.0. The van der Waals surface area contributed by atoms with E-state index >= 15 is 0 Å². The van der Waals surface area contributed by atoms with Crippen LogP contribution in [-0.2, 0) is 76.6 Å². The molecule has 4 fully saturated rings. The van der Waals surface area contributed by atoms with Crippen molar-refractivity contribution in [3.63, 3.8) is 0 Å². The molecule has 0 aliphatic carbocycles. The van der Waals surface area contributed by atoms with Crippen LogP contribution in [0, 0.1) is 0 Å². The second-order valence-electron chi connectivity index (χ2n) is 25.1. The molecule has 0 aromatic rings. The highest BCUT2D eigenvalue weighted by molar-refractivity contribution is 5.99. The first-order valence-corrected chi connectivity index (χ1v) is 34.0. The van der Waals surface area contributed by atoms with Crippen LogP contribution in [0.25, 0.3) is 0 Å². The fourth-order valence-electron chi connectivity index (χ4n) is 12.1. The van der Waals surface area contributed by atoms with Crippen LogP contribution in [-0.4, -0.2) is 293 Å². The zero-order chi connectivity index (χ0) is 74.9. The number of carboxylic acid groups (broad SMARTS) is 2. The first kappa shape index (κ1) is 87.1. The summed E-state index contributed by atoms with van der Waals surface area (Å²) in [5, 5.41) is 60.2. The van der Waals surface area contributed by atoms with E-state index in [0.29, 0.717) is 51.4 Å². The number of carboxylic acids is 2. The Hall–Kier alpha value is -9.12. The molecule has 12 atom stereocenters. The number of likely N-dealkylation sites (tertiary alicyclic amines) is 4. The Morgan fingerprint density at radius 3 is 1.11 bits per heavy atom. The highest BCUT2D eigenvalue weighted by Gasteiger charge is 2.47. The lowest BCUT2D eigenvalue weighted by Crippen LogP contribution is -2.60. The zero-order valence-corrected chi connectivity index (χ0v) is 57.3. The third kappa shape index (κ3) is 28.4. The molecule has 4 rings (SSSR count). The molecule has 4 saturated heterocycles. The van der Waals surface area contributed by atoms with E-state index in [2.05, 4.69) is 52.5 Å². The van der Waals surface area contributed by atoms with Crippen molar-refractivity contribution >= 4 is 94.7 Å². The van der Waals surface area contributed by atoms with Crippen molar-refractivity contribution < 1.29 is 97.0 Å². The molecular formula is C62H108N20O20. The number of aliphatic imine (C=N–C) groups is 2. The fraction of sp³-hybridized carbons (Fsp3) is 0.742. The number of aliphatic carboxylic acids is 2. The minimum absolute atomic E-state index is 0. The number of carbonyl (C=O) groups is 14. The SMILES string of the molecule is C.CC(O)C(NC(=O)CNC(=O)COCOCC(=O)NCC(=O)NC(C(=O)N[C@@H](CCCCN)C(=O)N1CCC[C@H]1C(=O)N1CCC[C@H]1C(=O)N[C@H](CCCN=C(N)N)C(=O)O)C(C)O)C(=O)N[C@@H](CCCCN)C(=O)N1CCC[C@H]1C(=O)N1CCC[C@H]1C(=O)N[C@H](CCCN=C(N)N)C(=O)O. The van der Waals surface area contributed by atoms with Gasteiger partial charge in [-0.15, -0.1) is 0 Å². The van der Waals surface area contributed by atoms with Crippen molar-refractivity contribution in [2.75, 3.05) is 85.5 Å². The van der Waals surface area contributed by atoms with Crippen LogP contribution in [0.15, 0.2) is 9.98 Å². The van der Waals surface area contributed by atoms with E-state index < -0.39 is 189 Å². The molecule has 4 heterocycles. The number of nitrogens with zero attached hydrogens (tertiary/aromatic N) is 6. The Bertz CT molecular complexity index is 2730. The summed E-state index contributed by atoms with van der Waals surface area (Å²) in [6.07, 6.45) is 1.69. The predicted octanol–water partition coefficient (Wildman–Crippen LogP) is -7.99. The van der Waals surface area contributed by atoms with Crippen LogP contribution in [0.4, 0.5) is 0 Å². The summed E-state index contributed by atoms with van der Waals surface area (Å²) in [6, 6.07) is -12.5. The average molecular weight is 1450 g/mol. The van der Waals surface area contributed by atoms with E-state index in [1.807, 2.05) is 0 Å². The van der Waals surface area contributed by atoms with Gasteiger partial charge in [0.15, 0.2) is 11.9 Å². The van der Waals surface area contributed by atoms with Crippen molar-refractivity contribution in [2.45, 2.75) is 209 Å². The number of unbranched alkanes of at least 4 members (excludes halogenated alkanes) is 2. The molecule has 40 heteroatoms. The van der Waals surface area contributed by atoms with E-state index in [-0.39, 0.29) is 136 Å². The molecule has 0 aromatic carbocycles. The van der Waals surface area contributed by atoms with Crippen LogP contribution < -0.4 is 76.9 Å². The van der Waals surface area contributed by atoms with E-state index in [0.717, 1.165) is 0 Å². The molecule has 0 bridgehead atoms. The maximum Gasteiger partial charge on any atom is 0.326 e. The lowest BCUT2D eigenvalue weighted by molar-refractivity contribution is -0.149. The average Bonchev–Trinajstić information content (AvgIpc) is 1.52. The van der Waals surface area contributed by atoms with Crippen molar-refractivity contribution in [1.29, 1.82) is 0 Å². The zero-order valence-electron chi connectivity index (χ0n) is 57.3. The third-order valence-corrected chi connectivity index (χ3v) is 17.2. The maximum absolute atomic E-state index is 14.3. The van der Waals surface area contributed by atoms with Crippen LogP contribution in [0.3, 0.4) is 0 Å². The first-order chi connectivity index (χ1) is 48.0. The second kappa shape index (κ2) is 45.0. The van der Waals surface area contributed by atoms with Crippen LogP contribution in [0.5, 0.6) is 0 Å². The number of nitrogens with one attached hydrogen (secondary N) is 8. The Morgan fingerprint density at radius 2 is 0.784 bits per heavy atom. The number of guanidine groups is 2. The lowest BCUT2D eigenvalue weighted by atomic mass is 10.0. The molecule has 24 N–H and O–H groups in total. The summed E-state index contributed by atoms with van der Waals surface area (Å²) in [5.74, 6) is -12.2. The fourth-order valence-corrected chi connectivity index (χ4v) is 12.1. The van der Waals surface area contributed by atoms with Gasteiger partial charge in [-0.05, 0) is 143 Å². The highest BCUT2D eigenvalue weighted by Crippen LogP contribution is 2.29. The van der Waals surface area contributed by atoms with E-state index in [1.165, 1.54) is 33.4 Å². The lowest BCUT2D eigenvalue weighted by Gasteiger charge is -2.33. The molecule has 576 valence electrons. The molecule has 12 amide bonds. The number of hydrogen-bond donors (Lipinski definition) is 18. The monoisotopic (exact) mass is 1450 g/mol. The summed E-state index contributed by atoms with van der Waals surface area (Å²) in [6.45, 7) is 0.214. The van der Waals surface area contributed by atoms with Crippen LogP contribution >= 0.6 is 0 Å². The largest absolute Gasteiger partial charge is 0.480 e.